The highest BCUT2D eigenvalue weighted by atomic mass is 16.4. The molecule has 1 aliphatic heterocycles. The zero-order chi connectivity index (χ0) is 38.3. The first kappa shape index (κ1) is 38.8. The van der Waals surface area contributed by atoms with Gasteiger partial charge in [0.25, 0.3) is 11.8 Å². The molecule has 18 nitrogen and oxygen atoms in total. The number of nitrogens with two attached hydrogens (primary N) is 1. The summed E-state index contributed by atoms with van der Waals surface area (Å²) in [5, 5.41) is 43.2. The molecule has 5 rings (SSSR count). The highest BCUT2D eigenvalue weighted by molar-refractivity contribution is 6.37. The molecule has 8 N–H and O–H groups in total. The fourth-order valence-electron chi connectivity index (χ4n) is 7.32. The third kappa shape index (κ3) is 9.74. The lowest BCUT2D eigenvalue weighted by Gasteiger charge is -2.32. The number of nitrogens with zero attached hydrogens (tertiary/aromatic N) is 5. The number of benzene rings is 1. The molecule has 286 valence electrons. The van der Waals surface area contributed by atoms with Crippen molar-refractivity contribution >= 4 is 46.4 Å². The van der Waals surface area contributed by atoms with Crippen molar-refractivity contribution in [3.8, 4) is 0 Å². The normalized spacial score (nSPS) is 19.0. The van der Waals surface area contributed by atoms with Crippen LogP contribution < -0.4 is 21.7 Å². The van der Waals surface area contributed by atoms with Gasteiger partial charge in [0.2, 0.25) is 17.6 Å². The number of hydrogen-bond acceptors (Lipinski definition) is 10. The Bertz CT molecular complexity index is 1810. The Morgan fingerprint density at radius 1 is 1.04 bits per heavy atom. The molecule has 2 aliphatic rings. The average molecular weight is 737 g/mol. The van der Waals surface area contributed by atoms with Gasteiger partial charge < -0.3 is 36.8 Å². The van der Waals surface area contributed by atoms with Gasteiger partial charge in [0.1, 0.15) is 17.7 Å². The number of nitrogens with one attached hydrogen (secondary N) is 4. The minimum Gasteiger partial charge on any atom is -0.465 e. The van der Waals surface area contributed by atoms with E-state index in [1.54, 1.807) is 38.2 Å². The van der Waals surface area contributed by atoms with Crippen LogP contribution in [0.1, 0.15) is 100 Å². The quantitative estimate of drug-likeness (QED) is 0.0813. The minimum absolute atomic E-state index is 0.00774. The summed E-state index contributed by atoms with van der Waals surface area (Å²) in [6, 6.07) is 0.914. The number of rotatable bonds is 16. The van der Waals surface area contributed by atoms with E-state index >= 15 is 0 Å². The monoisotopic (exact) mass is 736 g/mol. The molecule has 0 bridgehead atoms. The molecule has 3 heterocycles. The van der Waals surface area contributed by atoms with Gasteiger partial charge in [-0.25, -0.2) is 9.48 Å². The molecule has 1 unspecified atom stereocenters. The van der Waals surface area contributed by atoms with Gasteiger partial charge in [-0.2, -0.15) is 5.10 Å². The number of aliphatic hydroxyl groups is 1. The van der Waals surface area contributed by atoms with Crippen LogP contribution in [-0.4, -0.2) is 107 Å². The van der Waals surface area contributed by atoms with E-state index in [1.165, 1.54) is 15.8 Å². The Morgan fingerprint density at radius 3 is 2.49 bits per heavy atom. The van der Waals surface area contributed by atoms with Crippen LogP contribution in [0.15, 0.2) is 30.6 Å². The van der Waals surface area contributed by atoms with Gasteiger partial charge in [0.15, 0.2) is 0 Å². The Hall–Kier alpha value is -5.39. The number of carboxylic acid groups (broad SMARTS) is 1. The summed E-state index contributed by atoms with van der Waals surface area (Å²) in [6.45, 7) is 3.19. The number of unbranched alkanes of at least 4 members (excludes halogenated alkanes) is 1. The number of amides is 5. The van der Waals surface area contributed by atoms with Gasteiger partial charge in [-0.3, -0.25) is 29.1 Å². The molecule has 3 aromatic rings. The Kier molecular flexibility index (Phi) is 12.4. The number of primary amides is 1. The first-order valence-electron chi connectivity index (χ1n) is 18.0. The summed E-state index contributed by atoms with van der Waals surface area (Å²) in [5.74, 6) is -3.82. The lowest BCUT2D eigenvalue weighted by molar-refractivity contribution is -0.142. The van der Waals surface area contributed by atoms with Crippen molar-refractivity contribution in [2.45, 2.75) is 108 Å². The summed E-state index contributed by atoms with van der Waals surface area (Å²) in [4.78, 5) is 79.6. The maximum Gasteiger partial charge on any atom is 0.404 e. The third-order valence-electron chi connectivity index (χ3n) is 10.1. The first-order chi connectivity index (χ1) is 25.2. The van der Waals surface area contributed by atoms with E-state index in [1.807, 2.05) is 0 Å². The minimum atomic E-state index is -1.36. The molecule has 53 heavy (non-hydrogen) atoms. The van der Waals surface area contributed by atoms with E-state index < -0.39 is 65.3 Å². The first-order valence-corrected chi connectivity index (χ1v) is 18.0. The highest BCUT2D eigenvalue weighted by Crippen LogP contribution is 2.33. The molecule has 5 amide bonds. The maximum atomic E-state index is 14.7. The van der Waals surface area contributed by atoms with E-state index in [4.69, 9.17) is 10.8 Å². The zero-order valence-corrected chi connectivity index (χ0v) is 29.9. The van der Waals surface area contributed by atoms with Crippen LogP contribution in [0.2, 0.25) is 0 Å². The highest BCUT2D eigenvalue weighted by Gasteiger charge is 2.45. The van der Waals surface area contributed by atoms with E-state index in [0.29, 0.717) is 24.1 Å². The topological polar surface area (TPSA) is 268 Å². The average Bonchev–Trinajstić information content (AvgIpc) is 3.90. The molecular formula is C35H48N10O8. The van der Waals surface area contributed by atoms with Gasteiger partial charge in [-0.15, -0.1) is 5.10 Å². The third-order valence-corrected chi connectivity index (χ3v) is 10.1. The fraction of sp³-hybridized carbons (Fsp3) is 0.571. The van der Waals surface area contributed by atoms with Crippen molar-refractivity contribution in [2.24, 2.45) is 11.7 Å². The number of likely N-dealkylation sites (tertiary alicyclic amines) is 1. The van der Waals surface area contributed by atoms with Crippen LogP contribution in [0.4, 0.5) is 4.79 Å². The lowest BCUT2D eigenvalue weighted by atomic mass is 9.84. The number of aromatic amines is 1. The molecule has 1 saturated carbocycles. The molecule has 1 aromatic carbocycles. The predicted octanol–water partition coefficient (Wildman–Crippen LogP) is 1.27. The molecule has 0 radical (unpaired) electrons. The summed E-state index contributed by atoms with van der Waals surface area (Å²) in [5.41, 5.74) is 5.39. The number of Topliss-reactive ketones (excluding diaryl/α,β-unsaturated/α-hetero) is 1. The van der Waals surface area contributed by atoms with Gasteiger partial charge >= 0.3 is 6.09 Å². The molecule has 18 heteroatoms. The zero-order valence-electron chi connectivity index (χ0n) is 29.9. The lowest BCUT2D eigenvalue weighted by Crippen LogP contribution is -2.56. The van der Waals surface area contributed by atoms with Crippen molar-refractivity contribution < 1.29 is 39.0 Å². The van der Waals surface area contributed by atoms with Crippen LogP contribution in [0.3, 0.4) is 0 Å². The number of carbonyl (C=O) groups is 6. The SMILES string of the molecule is CC(C)(O)c1cnnn1[C@H]1C[C@@H](C(=O)NC(CCCCNC(=O)O)C(=O)C(N)=O)N(C(=O)[C@@H](CC2CCCCC2)NC(=O)c2ccc3[nH]ncc3c2)C1. The van der Waals surface area contributed by atoms with Crippen molar-refractivity contribution in [1.82, 2.24) is 46.0 Å². The molecule has 2 aromatic heterocycles. The van der Waals surface area contributed by atoms with Gasteiger partial charge in [0, 0.05) is 30.5 Å². The van der Waals surface area contributed by atoms with Crippen LogP contribution in [0, 0.1) is 5.92 Å². The summed E-state index contributed by atoms with van der Waals surface area (Å²) >= 11 is 0. The van der Waals surface area contributed by atoms with Crippen LogP contribution in [0.25, 0.3) is 10.9 Å². The van der Waals surface area contributed by atoms with E-state index in [9.17, 15) is 33.9 Å². The van der Waals surface area contributed by atoms with Crippen LogP contribution in [0.5, 0.6) is 0 Å². The molecule has 1 aliphatic carbocycles. The van der Waals surface area contributed by atoms with Crippen LogP contribution in [-0.2, 0) is 24.8 Å². The van der Waals surface area contributed by atoms with Crippen molar-refractivity contribution in [1.29, 1.82) is 0 Å². The van der Waals surface area contributed by atoms with E-state index in [2.05, 4.69) is 36.5 Å². The summed E-state index contributed by atoms with van der Waals surface area (Å²) in [6.07, 6.45) is 7.62. The van der Waals surface area contributed by atoms with Crippen molar-refractivity contribution in [3.05, 3.63) is 41.9 Å². The van der Waals surface area contributed by atoms with E-state index in [0.717, 1.165) is 43.0 Å². The fourth-order valence-corrected chi connectivity index (χ4v) is 7.32. The van der Waals surface area contributed by atoms with Crippen molar-refractivity contribution in [2.75, 3.05) is 13.1 Å². The molecule has 4 atom stereocenters. The van der Waals surface area contributed by atoms with Crippen molar-refractivity contribution in [3.63, 3.8) is 0 Å². The predicted molar refractivity (Wildman–Crippen MR) is 189 cm³/mol. The van der Waals surface area contributed by atoms with Crippen LogP contribution >= 0.6 is 0 Å². The second-order valence-electron chi connectivity index (χ2n) is 14.5. The molecular weight excluding hydrogens is 688 g/mol. The van der Waals surface area contributed by atoms with Gasteiger partial charge in [0.05, 0.1) is 35.7 Å². The Morgan fingerprint density at radius 2 is 1.79 bits per heavy atom. The summed E-state index contributed by atoms with van der Waals surface area (Å²) < 4.78 is 1.48. The Balaban J connectivity index is 1.43. The largest absolute Gasteiger partial charge is 0.465 e. The number of hydrogen-bond donors (Lipinski definition) is 7. The second-order valence-corrected chi connectivity index (χ2v) is 14.5. The second kappa shape index (κ2) is 17.0. The number of H-pyrrole nitrogens is 1. The molecule has 1 saturated heterocycles. The standard InChI is InChI=1S/C35H48N10O8/c1-35(2,53)28-18-39-43-45(28)23-16-27(32(49)40-25(29(46)30(36)47)10-6-7-13-37-34(51)52)44(19-23)33(50)26(14-20-8-4-3-5-9-20)41-31(48)21-11-12-24-22(15-21)17-38-42-24/h11-12,15,17-18,20,23,25-27,37,53H,3-10,13-14,16,19H2,1-2H3,(H2,36,47)(H,38,42)(H,40,49)(H,41,48)(H,51,52)/t23-,25?,26+,27-/m0/s1. The van der Waals surface area contributed by atoms with E-state index in [-0.39, 0.29) is 38.3 Å². The number of carbonyl (C=O) groups excluding carboxylic acids is 5. The maximum absolute atomic E-state index is 14.7. The van der Waals surface area contributed by atoms with Gasteiger partial charge in [-0.05, 0) is 63.6 Å². The molecule has 0 spiro atoms. The summed E-state index contributed by atoms with van der Waals surface area (Å²) in [7, 11) is 0. The number of fused-ring (bicyclic) bond motifs is 1. The molecule has 2 fully saturated rings. The number of ketones is 1. The smallest absolute Gasteiger partial charge is 0.404 e. The Labute approximate surface area is 305 Å². The number of aromatic nitrogens is 5. The van der Waals surface area contributed by atoms with Gasteiger partial charge in [-0.1, -0.05) is 37.3 Å².